The number of fused-ring (bicyclic) bond motifs is 3. The van der Waals surface area contributed by atoms with Crippen LogP contribution in [-0.2, 0) is 14.9 Å². The van der Waals surface area contributed by atoms with E-state index in [0.717, 1.165) is 42.1 Å². The van der Waals surface area contributed by atoms with Crippen LogP contribution in [0.5, 0.6) is 5.75 Å². The molecule has 3 aromatic rings. The summed E-state index contributed by atoms with van der Waals surface area (Å²) >= 11 is 0. The molecule has 1 unspecified atom stereocenters. The SMILES string of the molecule is C=C1Nc2cc(NC(=O)[C@@H](NC(=O)c3nonc3C)C3c4cc(F)c(F)cc4OCC34CC4)cnc2C12CCOCC2. The van der Waals surface area contributed by atoms with Crippen LogP contribution in [0.3, 0.4) is 0 Å². The number of carbonyl (C=O) groups excluding carboxylic acids is 2. The van der Waals surface area contributed by atoms with E-state index in [9.17, 15) is 18.4 Å². The lowest BCUT2D eigenvalue weighted by molar-refractivity contribution is -0.119. The third-order valence-electron chi connectivity index (χ3n) is 9.04. The molecule has 218 valence electrons. The fourth-order valence-electron chi connectivity index (χ4n) is 6.56. The first-order chi connectivity index (χ1) is 20.2. The molecule has 11 nitrogen and oxygen atoms in total. The van der Waals surface area contributed by atoms with Gasteiger partial charge in [0.1, 0.15) is 17.5 Å². The van der Waals surface area contributed by atoms with Crippen LogP contribution in [0.2, 0.25) is 0 Å². The van der Waals surface area contributed by atoms with Crippen molar-refractivity contribution in [3.63, 3.8) is 0 Å². The van der Waals surface area contributed by atoms with Gasteiger partial charge in [0.2, 0.25) is 5.91 Å². The van der Waals surface area contributed by atoms with Crippen LogP contribution in [0.25, 0.3) is 0 Å². The van der Waals surface area contributed by atoms with Gasteiger partial charge in [-0.1, -0.05) is 11.7 Å². The summed E-state index contributed by atoms with van der Waals surface area (Å²) in [5.74, 6) is -3.97. The lowest BCUT2D eigenvalue weighted by Gasteiger charge is -2.38. The molecule has 0 radical (unpaired) electrons. The molecule has 42 heavy (non-hydrogen) atoms. The van der Waals surface area contributed by atoms with Crippen LogP contribution in [0.4, 0.5) is 20.2 Å². The van der Waals surface area contributed by atoms with E-state index in [4.69, 9.17) is 14.5 Å². The second-order valence-electron chi connectivity index (χ2n) is 11.5. The first-order valence-electron chi connectivity index (χ1n) is 13.8. The summed E-state index contributed by atoms with van der Waals surface area (Å²) in [6.45, 7) is 7.16. The number of aryl methyl sites for hydroxylation is 1. The third-order valence-corrected chi connectivity index (χ3v) is 9.04. The molecular formula is C29H28F2N6O5. The summed E-state index contributed by atoms with van der Waals surface area (Å²) in [4.78, 5) is 32.1. The largest absolute Gasteiger partial charge is 0.493 e. The van der Waals surface area contributed by atoms with Crippen molar-refractivity contribution in [2.75, 3.05) is 30.5 Å². The fourth-order valence-corrected chi connectivity index (χ4v) is 6.56. The molecule has 7 rings (SSSR count). The van der Waals surface area contributed by atoms with Crippen LogP contribution in [0.1, 0.15) is 59.0 Å². The molecular weight excluding hydrogens is 550 g/mol. The smallest absolute Gasteiger partial charge is 0.276 e. The first kappa shape index (κ1) is 26.5. The van der Waals surface area contributed by atoms with Gasteiger partial charge in [0.15, 0.2) is 17.3 Å². The highest BCUT2D eigenvalue weighted by Gasteiger charge is 2.58. The van der Waals surface area contributed by atoms with Crippen molar-refractivity contribution in [1.82, 2.24) is 20.6 Å². The Balaban J connectivity index is 1.24. The number of allylic oxidation sites excluding steroid dienone is 1. The summed E-state index contributed by atoms with van der Waals surface area (Å²) in [5.41, 5.74) is 2.39. The Bertz CT molecular complexity index is 1630. The maximum atomic E-state index is 14.5. The number of hydrogen-bond donors (Lipinski definition) is 3. The summed E-state index contributed by atoms with van der Waals surface area (Å²) in [6, 6.07) is 2.59. The molecule has 2 aromatic heterocycles. The lowest BCUT2D eigenvalue weighted by atomic mass is 9.75. The number of pyridine rings is 1. The van der Waals surface area contributed by atoms with Crippen molar-refractivity contribution in [2.24, 2.45) is 5.41 Å². The predicted octanol–water partition coefficient (Wildman–Crippen LogP) is 3.73. The van der Waals surface area contributed by atoms with E-state index in [0.29, 0.717) is 37.3 Å². The van der Waals surface area contributed by atoms with Gasteiger partial charge in [0.25, 0.3) is 5.91 Å². The van der Waals surface area contributed by atoms with Gasteiger partial charge in [-0.3, -0.25) is 14.6 Å². The molecule has 4 aliphatic rings. The number of carbonyl (C=O) groups is 2. The van der Waals surface area contributed by atoms with E-state index >= 15 is 0 Å². The normalized spacial score (nSPS) is 21.6. The number of nitrogens with one attached hydrogen (secondary N) is 3. The Labute approximate surface area is 239 Å². The lowest BCUT2D eigenvalue weighted by Crippen LogP contribution is -2.52. The molecule has 2 atom stereocenters. The summed E-state index contributed by atoms with van der Waals surface area (Å²) in [6.07, 6.45) is 4.42. The number of benzene rings is 1. The molecule has 1 saturated carbocycles. The van der Waals surface area contributed by atoms with E-state index in [2.05, 4.69) is 37.5 Å². The summed E-state index contributed by atoms with van der Waals surface area (Å²) in [5, 5.41) is 16.3. The molecule has 3 aliphatic heterocycles. The van der Waals surface area contributed by atoms with E-state index in [1.807, 2.05) is 0 Å². The highest BCUT2D eigenvalue weighted by atomic mass is 19.2. The average Bonchev–Trinajstić information content (AvgIpc) is 3.53. The van der Waals surface area contributed by atoms with Crippen molar-refractivity contribution in [1.29, 1.82) is 0 Å². The van der Waals surface area contributed by atoms with Crippen LogP contribution in [0.15, 0.2) is 41.3 Å². The summed E-state index contributed by atoms with van der Waals surface area (Å²) < 4.78 is 44.7. The van der Waals surface area contributed by atoms with Crippen LogP contribution < -0.4 is 20.7 Å². The molecule has 2 spiro atoms. The Morgan fingerprint density at radius 3 is 2.60 bits per heavy atom. The number of anilines is 2. The van der Waals surface area contributed by atoms with E-state index < -0.39 is 40.8 Å². The van der Waals surface area contributed by atoms with Crippen molar-refractivity contribution >= 4 is 23.2 Å². The summed E-state index contributed by atoms with van der Waals surface area (Å²) in [7, 11) is 0. The zero-order valence-electron chi connectivity index (χ0n) is 22.8. The number of ether oxygens (including phenoxy) is 2. The number of aromatic nitrogens is 3. The second-order valence-corrected chi connectivity index (χ2v) is 11.5. The maximum Gasteiger partial charge on any atom is 0.276 e. The Morgan fingerprint density at radius 2 is 1.88 bits per heavy atom. The molecule has 3 N–H and O–H groups in total. The molecule has 1 aliphatic carbocycles. The molecule has 2 fully saturated rings. The van der Waals surface area contributed by atoms with Gasteiger partial charge in [-0.05, 0) is 49.9 Å². The number of nitrogens with zero attached hydrogens (tertiary/aromatic N) is 3. The zero-order valence-corrected chi connectivity index (χ0v) is 22.8. The molecule has 5 heterocycles. The number of hydrogen-bond acceptors (Lipinski definition) is 9. The Morgan fingerprint density at radius 1 is 1.12 bits per heavy atom. The molecule has 0 bridgehead atoms. The monoisotopic (exact) mass is 578 g/mol. The Kier molecular flexibility index (Phi) is 6.05. The highest BCUT2D eigenvalue weighted by Crippen LogP contribution is 2.61. The van der Waals surface area contributed by atoms with Crippen molar-refractivity contribution in [2.45, 2.75) is 50.0 Å². The van der Waals surface area contributed by atoms with Gasteiger partial charge in [0.05, 0.1) is 35.3 Å². The molecule has 1 aromatic carbocycles. The second kappa shape index (κ2) is 9.58. The van der Waals surface area contributed by atoms with Crippen LogP contribution >= 0.6 is 0 Å². The van der Waals surface area contributed by atoms with Gasteiger partial charge in [0, 0.05) is 41.9 Å². The Hall–Kier alpha value is -4.39. The zero-order chi connectivity index (χ0) is 29.2. The molecule has 1 saturated heterocycles. The van der Waals surface area contributed by atoms with E-state index in [1.165, 1.54) is 0 Å². The topological polar surface area (TPSA) is 140 Å². The number of rotatable bonds is 5. The predicted molar refractivity (Wildman–Crippen MR) is 144 cm³/mol. The molecule has 2 amide bonds. The van der Waals surface area contributed by atoms with Crippen molar-refractivity contribution < 1.29 is 32.5 Å². The third kappa shape index (κ3) is 4.13. The fraction of sp³-hybridized carbons (Fsp3) is 0.414. The van der Waals surface area contributed by atoms with Gasteiger partial charge >= 0.3 is 0 Å². The van der Waals surface area contributed by atoms with Crippen molar-refractivity contribution in [3.05, 3.63) is 71.0 Å². The van der Waals surface area contributed by atoms with Crippen molar-refractivity contribution in [3.8, 4) is 5.75 Å². The van der Waals surface area contributed by atoms with Crippen LogP contribution in [-0.4, -0.2) is 53.0 Å². The highest BCUT2D eigenvalue weighted by molar-refractivity contribution is 6.01. The van der Waals surface area contributed by atoms with E-state index in [-0.39, 0.29) is 29.2 Å². The first-order valence-corrected chi connectivity index (χ1v) is 13.8. The maximum absolute atomic E-state index is 14.5. The van der Waals surface area contributed by atoms with E-state index in [1.54, 1.807) is 19.2 Å². The average molecular weight is 579 g/mol. The minimum absolute atomic E-state index is 0.0844. The minimum atomic E-state index is -1.21. The number of amides is 2. The van der Waals surface area contributed by atoms with Gasteiger partial charge in [-0.2, -0.15) is 0 Å². The number of halogens is 2. The minimum Gasteiger partial charge on any atom is -0.493 e. The van der Waals surface area contributed by atoms with Gasteiger partial charge < -0.3 is 25.4 Å². The quantitative estimate of drug-likeness (QED) is 0.413. The standard InChI is InChI=1S/C29H28F2N6O5/c1-14-23(37-42-36-14)26(38)35-24(22-17-10-18(30)19(31)11-21(17)41-13-28(22)3-4-28)27(39)34-16-9-20-25(32-12-16)29(15(2)33-20)5-7-40-8-6-29/h9-12,22,24,33H,2-8,13H2,1H3,(H,34,39)(H,35,38)/t22?,24-/m0/s1. The van der Waals surface area contributed by atoms with Crippen LogP contribution in [0, 0.1) is 24.0 Å². The van der Waals surface area contributed by atoms with Gasteiger partial charge in [-0.15, -0.1) is 0 Å². The van der Waals surface area contributed by atoms with Gasteiger partial charge in [-0.25, -0.2) is 13.4 Å². The molecule has 13 heteroatoms.